The number of nitrogens with zero attached hydrogens (tertiary/aromatic N) is 1. The minimum Gasteiger partial charge on any atom is -0.484 e. The molecule has 0 saturated carbocycles. The molecule has 94 valence electrons. The van der Waals surface area contributed by atoms with Crippen LogP contribution in [0.5, 0.6) is 5.75 Å². The quantitative estimate of drug-likeness (QED) is 0.880. The summed E-state index contributed by atoms with van der Waals surface area (Å²) in [7, 11) is 1.87. The fourth-order valence-electron chi connectivity index (χ4n) is 1.66. The average molecular weight is 246 g/mol. The van der Waals surface area contributed by atoms with Gasteiger partial charge in [-0.25, -0.2) is 4.39 Å². The molecule has 0 saturated heterocycles. The van der Waals surface area contributed by atoms with Crippen molar-refractivity contribution in [2.24, 2.45) is 0 Å². The normalized spacial score (nSPS) is 10.3. The van der Waals surface area contributed by atoms with Gasteiger partial charge >= 0.3 is 0 Å². The van der Waals surface area contributed by atoms with E-state index in [0.717, 1.165) is 11.3 Å². The largest absolute Gasteiger partial charge is 0.484 e. The molecule has 1 heterocycles. The fourth-order valence-corrected chi connectivity index (χ4v) is 1.66. The van der Waals surface area contributed by atoms with Crippen LogP contribution in [0.3, 0.4) is 0 Å². The van der Waals surface area contributed by atoms with Crippen LogP contribution in [0.4, 0.5) is 4.39 Å². The van der Waals surface area contributed by atoms with E-state index in [0.29, 0.717) is 6.54 Å². The van der Waals surface area contributed by atoms with E-state index in [-0.39, 0.29) is 18.2 Å². The van der Waals surface area contributed by atoms with Crippen LogP contribution in [0, 0.1) is 5.82 Å². The number of rotatable bonds is 5. The van der Waals surface area contributed by atoms with Gasteiger partial charge in [-0.2, -0.15) is 0 Å². The topological polar surface area (TPSA) is 34.2 Å². The van der Waals surface area contributed by atoms with Gasteiger partial charge in [0.05, 0.1) is 5.69 Å². The van der Waals surface area contributed by atoms with E-state index < -0.39 is 0 Å². The van der Waals surface area contributed by atoms with Gasteiger partial charge < -0.3 is 10.1 Å². The molecule has 4 heteroatoms. The summed E-state index contributed by atoms with van der Waals surface area (Å²) in [4.78, 5) is 4.25. The maximum absolute atomic E-state index is 13.4. The van der Waals surface area contributed by atoms with Gasteiger partial charge in [-0.3, -0.25) is 4.98 Å². The number of aromatic nitrogens is 1. The van der Waals surface area contributed by atoms with Gasteiger partial charge in [-0.1, -0.05) is 18.2 Å². The van der Waals surface area contributed by atoms with Crippen molar-refractivity contribution in [3.63, 3.8) is 0 Å². The van der Waals surface area contributed by atoms with E-state index in [1.165, 1.54) is 6.07 Å². The number of benzene rings is 1. The van der Waals surface area contributed by atoms with Gasteiger partial charge in [-0.15, -0.1) is 0 Å². The van der Waals surface area contributed by atoms with Gasteiger partial charge in [-0.05, 0) is 30.8 Å². The van der Waals surface area contributed by atoms with E-state index in [9.17, 15) is 4.39 Å². The highest BCUT2D eigenvalue weighted by molar-refractivity contribution is 5.25. The van der Waals surface area contributed by atoms with Crippen LogP contribution >= 0.6 is 0 Å². The summed E-state index contributed by atoms with van der Waals surface area (Å²) < 4.78 is 18.8. The van der Waals surface area contributed by atoms with E-state index in [2.05, 4.69) is 10.3 Å². The van der Waals surface area contributed by atoms with Gasteiger partial charge in [0.1, 0.15) is 6.61 Å². The Hall–Kier alpha value is -1.94. The van der Waals surface area contributed by atoms with Crippen molar-refractivity contribution in [1.29, 1.82) is 0 Å². The molecule has 1 N–H and O–H groups in total. The highest BCUT2D eigenvalue weighted by Crippen LogP contribution is 2.17. The maximum Gasteiger partial charge on any atom is 0.165 e. The summed E-state index contributed by atoms with van der Waals surface area (Å²) >= 11 is 0. The third-order valence-electron chi connectivity index (χ3n) is 2.55. The molecule has 0 bridgehead atoms. The van der Waals surface area contributed by atoms with Crippen molar-refractivity contribution in [3.05, 3.63) is 59.7 Å². The summed E-state index contributed by atoms with van der Waals surface area (Å²) in [6.07, 6.45) is 1.71. The maximum atomic E-state index is 13.4. The van der Waals surface area contributed by atoms with Gasteiger partial charge in [0.15, 0.2) is 11.6 Å². The third-order valence-corrected chi connectivity index (χ3v) is 2.55. The Kier molecular flexibility index (Phi) is 4.25. The van der Waals surface area contributed by atoms with Crippen molar-refractivity contribution < 1.29 is 9.13 Å². The van der Waals surface area contributed by atoms with Crippen LogP contribution in [0.1, 0.15) is 11.3 Å². The van der Waals surface area contributed by atoms with Crippen LogP contribution in [0.2, 0.25) is 0 Å². The van der Waals surface area contributed by atoms with E-state index in [1.54, 1.807) is 24.4 Å². The van der Waals surface area contributed by atoms with Crippen molar-refractivity contribution in [2.45, 2.75) is 13.2 Å². The molecule has 0 atom stereocenters. The molecule has 18 heavy (non-hydrogen) atoms. The standard InChI is InChI=1S/C14H15FN2O/c1-16-9-11-5-4-8-17-13(11)10-18-14-7-3-2-6-12(14)15/h2-8,16H,9-10H2,1H3. The van der Waals surface area contributed by atoms with Gasteiger partial charge in [0.2, 0.25) is 0 Å². The number of hydrogen-bond acceptors (Lipinski definition) is 3. The highest BCUT2D eigenvalue weighted by atomic mass is 19.1. The first-order chi connectivity index (χ1) is 8.81. The van der Waals surface area contributed by atoms with Crippen molar-refractivity contribution in [3.8, 4) is 5.75 Å². The predicted octanol–water partition coefficient (Wildman–Crippen LogP) is 2.52. The molecule has 0 radical (unpaired) electrons. The molecule has 0 aliphatic rings. The molecule has 2 aromatic rings. The summed E-state index contributed by atoms with van der Waals surface area (Å²) in [5.74, 6) is -0.109. The Morgan fingerprint density at radius 1 is 1.22 bits per heavy atom. The number of pyridine rings is 1. The summed E-state index contributed by atoms with van der Waals surface area (Å²) in [5.41, 5.74) is 1.87. The molecule has 0 aliphatic heterocycles. The second-order valence-electron chi connectivity index (χ2n) is 3.86. The second kappa shape index (κ2) is 6.12. The fraction of sp³-hybridized carbons (Fsp3) is 0.214. The minimum atomic E-state index is -0.358. The van der Waals surface area contributed by atoms with Crippen molar-refractivity contribution in [2.75, 3.05) is 7.05 Å². The minimum absolute atomic E-state index is 0.249. The van der Waals surface area contributed by atoms with Crippen LogP contribution in [-0.2, 0) is 13.2 Å². The average Bonchev–Trinajstić information content (AvgIpc) is 2.40. The lowest BCUT2D eigenvalue weighted by molar-refractivity contribution is 0.284. The Morgan fingerprint density at radius 3 is 2.83 bits per heavy atom. The number of hydrogen-bond donors (Lipinski definition) is 1. The Bertz CT molecular complexity index is 517. The first-order valence-corrected chi connectivity index (χ1v) is 5.76. The number of para-hydroxylation sites is 1. The number of nitrogens with one attached hydrogen (secondary N) is 1. The zero-order valence-corrected chi connectivity index (χ0v) is 10.2. The summed E-state index contributed by atoms with van der Waals surface area (Å²) in [6, 6.07) is 10.2. The monoisotopic (exact) mass is 246 g/mol. The highest BCUT2D eigenvalue weighted by Gasteiger charge is 2.06. The Morgan fingerprint density at radius 2 is 2.06 bits per heavy atom. The first kappa shape index (κ1) is 12.5. The summed E-state index contributed by atoms with van der Waals surface area (Å²) in [5, 5.41) is 3.06. The van der Waals surface area contributed by atoms with E-state index >= 15 is 0 Å². The zero-order chi connectivity index (χ0) is 12.8. The molecule has 3 nitrogen and oxygen atoms in total. The molecule has 0 aliphatic carbocycles. The van der Waals surface area contributed by atoms with Crippen LogP contribution < -0.4 is 10.1 Å². The molecule has 1 aromatic carbocycles. The molecule has 0 spiro atoms. The number of halogens is 1. The lowest BCUT2D eigenvalue weighted by atomic mass is 10.2. The van der Waals surface area contributed by atoms with Crippen LogP contribution in [0.25, 0.3) is 0 Å². The SMILES string of the molecule is CNCc1cccnc1COc1ccccc1F. The molecular weight excluding hydrogens is 231 g/mol. The number of ether oxygens (including phenoxy) is 1. The first-order valence-electron chi connectivity index (χ1n) is 5.76. The Balaban J connectivity index is 2.08. The van der Waals surface area contributed by atoms with E-state index in [4.69, 9.17) is 4.74 Å². The van der Waals surface area contributed by atoms with Crippen molar-refractivity contribution in [1.82, 2.24) is 10.3 Å². The molecule has 0 unspecified atom stereocenters. The van der Waals surface area contributed by atoms with Crippen LogP contribution in [-0.4, -0.2) is 12.0 Å². The van der Waals surface area contributed by atoms with Gasteiger partial charge in [0, 0.05) is 12.7 Å². The summed E-state index contributed by atoms with van der Waals surface area (Å²) in [6.45, 7) is 0.975. The van der Waals surface area contributed by atoms with Crippen LogP contribution in [0.15, 0.2) is 42.6 Å². The van der Waals surface area contributed by atoms with Gasteiger partial charge in [0.25, 0.3) is 0 Å². The molecule has 0 amide bonds. The molecule has 1 aromatic heterocycles. The lowest BCUT2D eigenvalue weighted by Gasteiger charge is -2.10. The lowest BCUT2D eigenvalue weighted by Crippen LogP contribution is -2.10. The molecule has 0 fully saturated rings. The molecular formula is C14H15FN2O. The molecule has 2 rings (SSSR count). The van der Waals surface area contributed by atoms with Crippen molar-refractivity contribution >= 4 is 0 Å². The van der Waals surface area contributed by atoms with E-state index in [1.807, 2.05) is 19.2 Å². The second-order valence-corrected chi connectivity index (χ2v) is 3.86. The predicted molar refractivity (Wildman–Crippen MR) is 67.7 cm³/mol. The Labute approximate surface area is 106 Å². The smallest absolute Gasteiger partial charge is 0.165 e. The third kappa shape index (κ3) is 3.05. The zero-order valence-electron chi connectivity index (χ0n) is 10.2.